The Morgan fingerprint density at radius 3 is 2.32 bits per heavy atom. The highest BCUT2D eigenvalue weighted by atomic mass is 32.2. The molecule has 0 bridgehead atoms. The fourth-order valence-electron chi connectivity index (χ4n) is 4.11. The third-order valence-electron chi connectivity index (χ3n) is 6.02. The van der Waals surface area contributed by atoms with E-state index in [2.05, 4.69) is 75.4 Å². The van der Waals surface area contributed by atoms with Crippen LogP contribution in [0, 0.1) is 0 Å². The number of aryl methyl sites for hydroxylation is 1. The lowest BCUT2D eigenvalue weighted by Gasteiger charge is -2.28. The summed E-state index contributed by atoms with van der Waals surface area (Å²) in [7, 11) is 0. The molecule has 184 valence electrons. The maximum absolute atomic E-state index is 13.0. The van der Waals surface area contributed by atoms with E-state index in [4.69, 9.17) is 0 Å². The van der Waals surface area contributed by atoms with Crippen molar-refractivity contribution in [3.63, 3.8) is 0 Å². The second kappa shape index (κ2) is 10.4. The van der Waals surface area contributed by atoms with Crippen LogP contribution in [0.15, 0.2) is 36.5 Å². The summed E-state index contributed by atoms with van der Waals surface area (Å²) in [6, 6.07) is 9.68. The second-order valence-electron chi connectivity index (χ2n) is 10.9. The van der Waals surface area contributed by atoms with Crippen molar-refractivity contribution < 1.29 is 9.90 Å². The van der Waals surface area contributed by atoms with E-state index in [0.29, 0.717) is 18.6 Å². The number of aromatic nitrogens is 3. The van der Waals surface area contributed by atoms with Crippen LogP contribution in [-0.4, -0.2) is 37.6 Å². The molecule has 2 heterocycles. The average Bonchev–Trinajstić information content (AvgIpc) is 3.18. The molecule has 2 aromatic heterocycles. The Morgan fingerprint density at radius 2 is 1.74 bits per heavy atom. The summed E-state index contributed by atoms with van der Waals surface area (Å²) in [6.07, 6.45) is 5.75. The van der Waals surface area contributed by atoms with E-state index in [9.17, 15) is 9.90 Å². The predicted octanol–water partition coefficient (Wildman–Crippen LogP) is 5.57. The summed E-state index contributed by atoms with van der Waals surface area (Å²) in [5.74, 6) is 2.02. The van der Waals surface area contributed by atoms with Gasteiger partial charge in [0.15, 0.2) is 11.5 Å². The van der Waals surface area contributed by atoms with Crippen molar-refractivity contribution in [2.24, 2.45) is 0 Å². The molecule has 0 fully saturated rings. The number of carbonyl (C=O) groups is 1. The Kier molecular flexibility index (Phi) is 7.96. The Balaban J connectivity index is 1.80. The molecule has 1 aromatic carbocycles. The van der Waals surface area contributed by atoms with Crippen LogP contribution >= 0.6 is 11.8 Å². The number of benzene rings is 1. The molecule has 0 aliphatic heterocycles. The number of hydrogen-bond donors (Lipinski definition) is 2. The van der Waals surface area contributed by atoms with Gasteiger partial charge in [0, 0.05) is 12.6 Å². The molecule has 0 aliphatic carbocycles. The fourth-order valence-corrected chi connectivity index (χ4v) is 4.58. The van der Waals surface area contributed by atoms with E-state index in [-0.39, 0.29) is 22.8 Å². The van der Waals surface area contributed by atoms with E-state index in [1.165, 1.54) is 0 Å². The van der Waals surface area contributed by atoms with E-state index >= 15 is 0 Å². The van der Waals surface area contributed by atoms with Crippen LogP contribution in [0.1, 0.15) is 82.9 Å². The highest BCUT2D eigenvalue weighted by Crippen LogP contribution is 2.40. The largest absolute Gasteiger partial charge is 0.507 e. The predicted molar refractivity (Wildman–Crippen MR) is 141 cm³/mol. The Hall–Kier alpha value is -2.54. The molecule has 1 amide bonds. The fraction of sp³-hybridized carbons (Fsp3) is 0.519. The van der Waals surface area contributed by atoms with Crippen molar-refractivity contribution >= 4 is 23.3 Å². The minimum Gasteiger partial charge on any atom is -0.507 e. The molecular formula is C27H38N4O2S. The number of phenolic OH excluding ortho intramolecular Hbond substituents is 1. The topological polar surface area (TPSA) is 79.5 Å². The van der Waals surface area contributed by atoms with Gasteiger partial charge in [0.25, 0.3) is 0 Å². The van der Waals surface area contributed by atoms with Crippen molar-refractivity contribution in [1.29, 1.82) is 0 Å². The number of fused-ring (bicyclic) bond motifs is 1. The van der Waals surface area contributed by atoms with Crippen LogP contribution < -0.4 is 5.32 Å². The van der Waals surface area contributed by atoms with Crippen molar-refractivity contribution in [2.45, 2.75) is 77.7 Å². The first-order valence-electron chi connectivity index (χ1n) is 11.9. The molecule has 3 aromatic rings. The first kappa shape index (κ1) is 26.1. The summed E-state index contributed by atoms with van der Waals surface area (Å²) < 4.78 is 1.94. The third kappa shape index (κ3) is 6.12. The first-order valence-corrected chi connectivity index (χ1v) is 13.3. The van der Waals surface area contributed by atoms with Gasteiger partial charge < -0.3 is 10.4 Å². The van der Waals surface area contributed by atoms with E-state index in [1.54, 1.807) is 11.8 Å². The van der Waals surface area contributed by atoms with Crippen molar-refractivity contribution in [2.75, 3.05) is 12.0 Å². The molecule has 0 radical (unpaired) electrons. The van der Waals surface area contributed by atoms with Crippen LogP contribution in [0.5, 0.6) is 5.75 Å². The molecule has 0 unspecified atom stereocenters. The number of nitrogens with zero attached hydrogens (tertiary/aromatic N) is 3. The summed E-state index contributed by atoms with van der Waals surface area (Å²) in [5, 5.41) is 22.8. The first-order chi connectivity index (χ1) is 15.9. The van der Waals surface area contributed by atoms with Gasteiger partial charge >= 0.3 is 0 Å². The second-order valence-corrected chi connectivity index (χ2v) is 11.9. The summed E-state index contributed by atoms with van der Waals surface area (Å²) in [4.78, 5) is 13.0. The highest BCUT2D eigenvalue weighted by molar-refractivity contribution is 7.98. The minimum absolute atomic E-state index is 0.0125. The molecule has 34 heavy (non-hydrogen) atoms. The zero-order valence-corrected chi connectivity index (χ0v) is 22.3. The molecule has 3 rings (SSSR count). The highest BCUT2D eigenvalue weighted by Gasteiger charge is 2.27. The van der Waals surface area contributed by atoms with Gasteiger partial charge in [0.2, 0.25) is 5.91 Å². The molecule has 0 aliphatic rings. The smallest absolute Gasteiger partial charge is 0.220 e. The number of rotatable bonds is 8. The lowest BCUT2D eigenvalue weighted by atomic mass is 9.78. The van der Waals surface area contributed by atoms with Crippen molar-refractivity contribution in [1.82, 2.24) is 19.9 Å². The van der Waals surface area contributed by atoms with Crippen molar-refractivity contribution in [3.8, 4) is 5.75 Å². The van der Waals surface area contributed by atoms with Crippen LogP contribution in [0.25, 0.3) is 5.65 Å². The molecule has 2 N–H and O–H groups in total. The number of pyridine rings is 1. The van der Waals surface area contributed by atoms with E-state index < -0.39 is 0 Å². The number of thioether (sulfide) groups is 1. The van der Waals surface area contributed by atoms with Gasteiger partial charge in [-0.25, -0.2) is 0 Å². The SMILES string of the molecule is CSCC[C@@H](NC(=O)CCc1cc(C(C)(C)C)c(O)c(C(C)(C)C)c1)c1nnc2ccccn12. The van der Waals surface area contributed by atoms with Crippen LogP contribution in [0.2, 0.25) is 0 Å². The van der Waals surface area contributed by atoms with Gasteiger partial charge in [-0.05, 0) is 64.5 Å². The summed E-state index contributed by atoms with van der Waals surface area (Å²) in [6.45, 7) is 12.6. The third-order valence-corrected chi connectivity index (χ3v) is 6.67. The maximum atomic E-state index is 13.0. The molecule has 7 heteroatoms. The lowest BCUT2D eigenvalue weighted by molar-refractivity contribution is -0.121. The van der Waals surface area contributed by atoms with Gasteiger partial charge in [-0.3, -0.25) is 9.20 Å². The van der Waals surface area contributed by atoms with Crippen LogP contribution in [0.3, 0.4) is 0 Å². The lowest BCUT2D eigenvalue weighted by Crippen LogP contribution is -2.30. The summed E-state index contributed by atoms with van der Waals surface area (Å²) in [5.41, 5.74) is 3.29. The average molecular weight is 483 g/mol. The number of phenols is 1. The Morgan fingerprint density at radius 1 is 1.09 bits per heavy atom. The van der Waals surface area contributed by atoms with Crippen LogP contribution in [-0.2, 0) is 22.0 Å². The zero-order chi connectivity index (χ0) is 25.1. The van der Waals surface area contributed by atoms with E-state index in [1.807, 2.05) is 28.8 Å². The van der Waals surface area contributed by atoms with Crippen molar-refractivity contribution in [3.05, 3.63) is 59.0 Å². The molecule has 1 atom stereocenters. The molecule has 0 saturated carbocycles. The molecular weight excluding hydrogens is 444 g/mol. The number of carbonyl (C=O) groups excluding carboxylic acids is 1. The Bertz CT molecular complexity index is 1110. The standard InChI is InChI=1S/C27H38N4O2S/c1-26(2,3)19-16-18(17-20(24(19)33)27(4,5)6)11-12-23(32)28-21(13-15-34-7)25-30-29-22-10-8-9-14-31(22)25/h8-10,14,16-17,21,33H,11-13,15H2,1-7H3,(H,28,32)/t21-/m1/s1. The number of nitrogens with one attached hydrogen (secondary N) is 1. The number of amides is 1. The zero-order valence-electron chi connectivity index (χ0n) is 21.5. The Labute approximate surface area is 207 Å². The minimum atomic E-state index is -0.201. The number of aromatic hydroxyl groups is 1. The van der Waals surface area contributed by atoms with Gasteiger partial charge in [-0.1, -0.05) is 59.7 Å². The van der Waals surface area contributed by atoms with Gasteiger partial charge in [0.1, 0.15) is 5.75 Å². The molecule has 0 saturated heterocycles. The monoisotopic (exact) mass is 482 g/mol. The quantitative estimate of drug-likeness (QED) is 0.439. The van der Waals surface area contributed by atoms with Gasteiger partial charge in [-0.15, -0.1) is 10.2 Å². The normalized spacial score (nSPS) is 13.3. The van der Waals surface area contributed by atoms with Gasteiger partial charge in [-0.2, -0.15) is 11.8 Å². The maximum Gasteiger partial charge on any atom is 0.220 e. The van der Waals surface area contributed by atoms with E-state index in [0.717, 1.165) is 40.3 Å². The molecule has 0 spiro atoms. The van der Waals surface area contributed by atoms with Crippen LogP contribution in [0.4, 0.5) is 0 Å². The molecule has 6 nitrogen and oxygen atoms in total. The van der Waals surface area contributed by atoms with Gasteiger partial charge in [0.05, 0.1) is 6.04 Å². The number of hydrogen-bond acceptors (Lipinski definition) is 5. The summed E-state index contributed by atoms with van der Waals surface area (Å²) >= 11 is 1.75.